The van der Waals surface area contributed by atoms with E-state index >= 15 is 0 Å². The summed E-state index contributed by atoms with van der Waals surface area (Å²) in [6, 6.07) is 26.0. The number of nitrogens with one attached hydrogen (secondary N) is 3. The number of amides is 5. The number of para-hydroxylation sites is 1. The van der Waals surface area contributed by atoms with Gasteiger partial charge in [0.15, 0.2) is 0 Å². The molecule has 3 aromatic carbocycles. The third kappa shape index (κ3) is 8.14. The number of benzene rings is 3. The Balaban J connectivity index is 1.20. The molecule has 0 spiro atoms. The number of hydrazine groups is 1. The number of urea groups is 1. The van der Waals surface area contributed by atoms with Gasteiger partial charge in [-0.25, -0.2) is 20.6 Å². The molecule has 0 aliphatic carbocycles. The first-order chi connectivity index (χ1) is 25.2. The number of likely N-dealkylation sites (tertiary alicyclic amines) is 1. The van der Waals surface area contributed by atoms with Crippen molar-refractivity contribution in [1.29, 1.82) is 0 Å². The quantitative estimate of drug-likeness (QED) is 0.105. The Labute approximate surface area is 304 Å². The zero-order chi connectivity index (χ0) is 36.7. The predicted octanol–water partition coefficient (Wildman–Crippen LogP) is 4.85. The van der Waals surface area contributed by atoms with E-state index in [-0.39, 0.29) is 43.3 Å². The van der Waals surface area contributed by atoms with E-state index in [9.17, 15) is 19.2 Å². The Morgan fingerprint density at radius 2 is 1.63 bits per heavy atom. The smallest absolute Gasteiger partial charge is 0.329 e. The summed E-state index contributed by atoms with van der Waals surface area (Å²) in [6.45, 7) is 3.40. The van der Waals surface area contributed by atoms with Crippen molar-refractivity contribution < 1.29 is 19.2 Å². The molecule has 2 aliphatic rings. The second-order valence-corrected chi connectivity index (χ2v) is 13.5. The largest absolute Gasteiger partial charge is 0.338 e. The minimum Gasteiger partial charge on any atom is -0.329 e. The van der Waals surface area contributed by atoms with E-state index in [1.165, 1.54) is 0 Å². The van der Waals surface area contributed by atoms with Crippen LogP contribution in [-0.2, 0) is 40.3 Å². The van der Waals surface area contributed by atoms with E-state index in [0.717, 1.165) is 32.8 Å². The maximum atomic E-state index is 14.7. The van der Waals surface area contributed by atoms with Crippen LogP contribution >= 0.6 is 0 Å². The van der Waals surface area contributed by atoms with Gasteiger partial charge in [0.2, 0.25) is 17.7 Å². The molecule has 52 heavy (non-hydrogen) atoms. The van der Waals surface area contributed by atoms with E-state index in [2.05, 4.69) is 20.9 Å². The molecule has 4 aromatic rings. The van der Waals surface area contributed by atoms with Gasteiger partial charge in [0.1, 0.15) is 12.4 Å². The number of fused-ring (bicyclic) bond motifs is 2. The molecule has 3 heterocycles. The average Bonchev–Trinajstić information content (AvgIpc) is 3.16. The van der Waals surface area contributed by atoms with Crippen LogP contribution in [0.15, 0.2) is 91.1 Å². The number of aromatic nitrogens is 1. The number of hydrogen-bond donors (Lipinski definition) is 4. The molecule has 270 valence electrons. The first-order valence-electron chi connectivity index (χ1n) is 17.7. The third-order valence-corrected chi connectivity index (χ3v) is 10.2. The lowest BCUT2D eigenvalue weighted by molar-refractivity contribution is -0.147. The summed E-state index contributed by atoms with van der Waals surface area (Å²) in [5.41, 5.74) is 5.07. The van der Waals surface area contributed by atoms with Crippen molar-refractivity contribution in [1.82, 2.24) is 20.1 Å². The molecular weight excluding hydrogens is 656 g/mol. The summed E-state index contributed by atoms with van der Waals surface area (Å²) in [5.74, 6) is 6.11. The molecule has 1 saturated heterocycles. The van der Waals surface area contributed by atoms with Crippen LogP contribution in [0.3, 0.4) is 0 Å². The fourth-order valence-corrected chi connectivity index (χ4v) is 7.17. The zero-order valence-corrected chi connectivity index (χ0v) is 29.7. The van der Waals surface area contributed by atoms with E-state index < -0.39 is 5.41 Å². The van der Waals surface area contributed by atoms with Gasteiger partial charge in [-0.05, 0) is 84.5 Å². The standard InChI is InChI=1S/C40H46N8O4/c1-3-40(17-20-46(21-18-40)39(52)48(41)34-13-5-4-6-14-34)38(51)47(26-31-11-8-7-10-30(31)25-42-2)27-36(50)44-33-16-15-28-22-29-12-9-19-43-37(29)45-35(49)24-32(28)23-33/h4-16,19,23,42H,3,17-18,20-22,24-27,41H2,1-2H3,(H,44,50)(H,43,45,49). The lowest BCUT2D eigenvalue weighted by atomic mass is 9.74. The summed E-state index contributed by atoms with van der Waals surface area (Å²) in [4.78, 5) is 62.2. The van der Waals surface area contributed by atoms with Crippen LogP contribution in [0.2, 0.25) is 0 Å². The molecule has 6 rings (SSSR count). The number of rotatable bonds is 10. The molecule has 0 saturated carbocycles. The number of nitrogens with zero attached hydrogens (tertiary/aromatic N) is 4. The number of hydrogen-bond acceptors (Lipinski definition) is 7. The summed E-state index contributed by atoms with van der Waals surface area (Å²) in [7, 11) is 1.87. The molecule has 1 fully saturated rings. The first kappa shape index (κ1) is 36.2. The molecule has 5 amide bonds. The highest BCUT2D eigenvalue weighted by Gasteiger charge is 2.44. The number of carbonyl (C=O) groups excluding carboxylic acids is 4. The molecule has 12 heteroatoms. The normalized spacial score (nSPS) is 14.9. The highest BCUT2D eigenvalue weighted by atomic mass is 16.2. The Kier molecular flexibility index (Phi) is 11.3. The highest BCUT2D eigenvalue weighted by molar-refractivity contribution is 5.97. The Morgan fingerprint density at radius 3 is 2.37 bits per heavy atom. The second-order valence-electron chi connectivity index (χ2n) is 13.5. The minimum atomic E-state index is -0.762. The Morgan fingerprint density at radius 1 is 0.904 bits per heavy atom. The lowest BCUT2D eigenvalue weighted by Crippen LogP contribution is -2.55. The Bertz CT molecular complexity index is 1930. The van der Waals surface area contributed by atoms with Gasteiger partial charge in [0.05, 0.1) is 17.5 Å². The lowest BCUT2D eigenvalue weighted by Gasteiger charge is -2.43. The van der Waals surface area contributed by atoms with E-state index in [1.807, 2.05) is 86.8 Å². The molecule has 5 N–H and O–H groups in total. The maximum absolute atomic E-state index is 14.7. The fraction of sp³-hybridized carbons (Fsp3) is 0.325. The second kappa shape index (κ2) is 16.2. The van der Waals surface area contributed by atoms with Crippen LogP contribution in [0.4, 0.5) is 22.0 Å². The molecule has 12 nitrogen and oxygen atoms in total. The zero-order valence-electron chi connectivity index (χ0n) is 29.7. The van der Waals surface area contributed by atoms with Crippen LogP contribution in [0, 0.1) is 5.41 Å². The number of carbonyl (C=O) groups is 4. The first-order valence-corrected chi connectivity index (χ1v) is 17.7. The number of pyridine rings is 1. The van der Waals surface area contributed by atoms with Gasteiger partial charge in [-0.3, -0.25) is 14.4 Å². The van der Waals surface area contributed by atoms with Gasteiger partial charge in [-0.15, -0.1) is 0 Å². The van der Waals surface area contributed by atoms with Crippen LogP contribution < -0.4 is 26.8 Å². The van der Waals surface area contributed by atoms with E-state index in [4.69, 9.17) is 5.84 Å². The number of anilines is 3. The topological polar surface area (TPSA) is 153 Å². The summed E-state index contributed by atoms with van der Waals surface area (Å²) >= 11 is 0. The van der Waals surface area contributed by atoms with Gasteiger partial charge >= 0.3 is 6.03 Å². The van der Waals surface area contributed by atoms with Crippen LogP contribution in [0.5, 0.6) is 0 Å². The van der Waals surface area contributed by atoms with Crippen molar-refractivity contribution >= 4 is 40.9 Å². The number of nitrogens with two attached hydrogens (primary N) is 1. The molecule has 0 radical (unpaired) electrons. The summed E-state index contributed by atoms with van der Waals surface area (Å²) in [5, 5.41) is 10.2. The van der Waals surface area contributed by atoms with Crippen LogP contribution in [0.1, 0.15) is 54.0 Å². The average molecular weight is 703 g/mol. The van der Waals surface area contributed by atoms with Crippen molar-refractivity contribution in [2.45, 2.75) is 52.1 Å². The van der Waals surface area contributed by atoms with E-state index in [0.29, 0.717) is 62.5 Å². The third-order valence-electron chi connectivity index (χ3n) is 10.2. The van der Waals surface area contributed by atoms with Crippen molar-refractivity contribution in [2.24, 2.45) is 11.3 Å². The van der Waals surface area contributed by atoms with E-state index in [1.54, 1.807) is 28.1 Å². The molecule has 2 aliphatic heterocycles. The minimum absolute atomic E-state index is 0.119. The summed E-state index contributed by atoms with van der Waals surface area (Å²) in [6.07, 6.45) is 3.84. The Hall–Kier alpha value is -5.59. The van der Waals surface area contributed by atoms with Gasteiger partial charge in [-0.2, -0.15) is 0 Å². The molecule has 0 bridgehead atoms. The molecule has 1 aromatic heterocycles. The predicted molar refractivity (Wildman–Crippen MR) is 201 cm³/mol. The monoisotopic (exact) mass is 702 g/mol. The molecular formula is C40H46N8O4. The highest BCUT2D eigenvalue weighted by Crippen LogP contribution is 2.38. The van der Waals surface area contributed by atoms with Crippen molar-refractivity contribution in [2.75, 3.05) is 42.3 Å². The molecule has 0 atom stereocenters. The molecule has 0 unspecified atom stereocenters. The van der Waals surface area contributed by atoms with Crippen LogP contribution in [0.25, 0.3) is 0 Å². The summed E-state index contributed by atoms with van der Waals surface area (Å²) < 4.78 is 0. The van der Waals surface area contributed by atoms with Crippen LogP contribution in [-0.4, -0.2) is 65.2 Å². The van der Waals surface area contributed by atoms with Crippen molar-refractivity contribution in [3.05, 3.63) is 119 Å². The van der Waals surface area contributed by atoms with Crippen molar-refractivity contribution in [3.63, 3.8) is 0 Å². The van der Waals surface area contributed by atoms with Gasteiger partial charge in [0.25, 0.3) is 0 Å². The maximum Gasteiger partial charge on any atom is 0.338 e. The van der Waals surface area contributed by atoms with Gasteiger partial charge in [0, 0.05) is 44.5 Å². The van der Waals surface area contributed by atoms with Gasteiger partial charge in [-0.1, -0.05) is 61.5 Å². The fourth-order valence-electron chi connectivity index (χ4n) is 7.17. The van der Waals surface area contributed by atoms with Crippen molar-refractivity contribution in [3.8, 4) is 0 Å². The number of piperidine rings is 1. The SMILES string of the molecule is CCC1(C(=O)N(CC(=O)Nc2ccc3c(c2)CC(=O)Nc2ncccc2C3)Cc2ccccc2CNC)CCN(C(=O)N(N)c2ccccc2)CC1. The van der Waals surface area contributed by atoms with Gasteiger partial charge < -0.3 is 25.8 Å².